The van der Waals surface area contributed by atoms with Crippen LogP contribution in [0.15, 0.2) is 49.3 Å². The molecule has 4 rings (SSSR count). The Kier molecular flexibility index (Phi) is 4.72. The topological polar surface area (TPSA) is 78.4 Å². The number of nitrogens with zero attached hydrogens (tertiary/aromatic N) is 4. The summed E-state index contributed by atoms with van der Waals surface area (Å²) in [6.45, 7) is 6.93. The third-order valence-electron chi connectivity index (χ3n) is 5.06. The van der Waals surface area contributed by atoms with E-state index in [-0.39, 0.29) is 11.9 Å². The van der Waals surface area contributed by atoms with E-state index in [1.165, 1.54) is 0 Å². The summed E-state index contributed by atoms with van der Waals surface area (Å²) < 4.78 is 0. The molecule has 1 fully saturated rings. The molecule has 1 aromatic carbocycles. The summed E-state index contributed by atoms with van der Waals surface area (Å²) in [6, 6.07) is 8.94. The Bertz CT molecular complexity index is 1140. The highest BCUT2D eigenvalue weighted by Crippen LogP contribution is 2.34. The van der Waals surface area contributed by atoms with Gasteiger partial charge in [0.2, 0.25) is 0 Å². The SMILES string of the molecule is C=Cc1ncccc1C(=O)Nc1cccc2c(N3CCN(C)C3=O)c(C)cnc12. The Balaban J connectivity index is 1.77. The molecule has 0 bridgehead atoms. The number of benzene rings is 1. The maximum Gasteiger partial charge on any atom is 0.324 e. The first-order chi connectivity index (χ1) is 14.0. The molecule has 0 aliphatic carbocycles. The number of carbonyl (C=O) groups excluding carboxylic acids is 2. The molecular weight excluding hydrogens is 366 g/mol. The molecule has 1 aliphatic heterocycles. The first-order valence-corrected chi connectivity index (χ1v) is 9.31. The molecule has 1 saturated heterocycles. The standard InChI is InChI=1S/C22H21N5O2/c1-4-17-15(8-6-10-23-17)21(28)25-18-9-5-7-16-19(18)24-13-14(2)20(16)27-12-11-26(3)22(27)29/h4-10,13H,1,11-12H2,2-3H3,(H,25,28). The molecule has 2 aromatic heterocycles. The lowest BCUT2D eigenvalue weighted by Crippen LogP contribution is -2.30. The number of likely N-dealkylation sites (N-methyl/N-ethyl adjacent to an activating group) is 1. The lowest BCUT2D eigenvalue weighted by molar-refractivity contribution is 0.102. The van der Waals surface area contributed by atoms with Gasteiger partial charge < -0.3 is 10.2 Å². The van der Waals surface area contributed by atoms with Gasteiger partial charge in [0.05, 0.1) is 28.1 Å². The molecule has 0 unspecified atom stereocenters. The second-order valence-electron chi connectivity index (χ2n) is 6.94. The number of urea groups is 1. The number of pyridine rings is 2. The summed E-state index contributed by atoms with van der Waals surface area (Å²) in [5.41, 5.74) is 3.89. The number of rotatable bonds is 4. The van der Waals surface area contributed by atoms with Crippen LogP contribution in [-0.4, -0.2) is 46.9 Å². The van der Waals surface area contributed by atoms with Crippen LogP contribution >= 0.6 is 0 Å². The van der Waals surface area contributed by atoms with E-state index in [0.29, 0.717) is 35.6 Å². The molecule has 3 aromatic rings. The van der Waals surface area contributed by atoms with Crippen molar-refractivity contribution >= 4 is 40.3 Å². The molecule has 1 aliphatic rings. The number of para-hydroxylation sites is 1. The van der Waals surface area contributed by atoms with Crippen LogP contribution in [0.5, 0.6) is 0 Å². The minimum atomic E-state index is -0.290. The normalized spacial score (nSPS) is 13.8. The van der Waals surface area contributed by atoms with Gasteiger partial charge in [-0.1, -0.05) is 18.7 Å². The first-order valence-electron chi connectivity index (χ1n) is 9.31. The molecule has 29 heavy (non-hydrogen) atoms. The summed E-state index contributed by atoms with van der Waals surface area (Å²) >= 11 is 0. The van der Waals surface area contributed by atoms with Crippen LogP contribution < -0.4 is 10.2 Å². The molecule has 0 radical (unpaired) electrons. The van der Waals surface area contributed by atoms with Gasteiger partial charge in [0, 0.05) is 37.9 Å². The Morgan fingerprint density at radius 1 is 1.21 bits per heavy atom. The van der Waals surface area contributed by atoms with Gasteiger partial charge in [-0.3, -0.25) is 19.7 Å². The van der Waals surface area contributed by atoms with Gasteiger partial charge in [0.15, 0.2) is 0 Å². The largest absolute Gasteiger partial charge is 0.326 e. The van der Waals surface area contributed by atoms with Crippen LogP contribution in [0.3, 0.4) is 0 Å². The van der Waals surface area contributed by atoms with Crippen molar-refractivity contribution in [3.05, 3.63) is 66.1 Å². The predicted molar refractivity (Wildman–Crippen MR) is 114 cm³/mol. The summed E-state index contributed by atoms with van der Waals surface area (Å²) in [5.74, 6) is -0.290. The number of hydrogen-bond donors (Lipinski definition) is 1. The van der Waals surface area contributed by atoms with Crippen molar-refractivity contribution < 1.29 is 9.59 Å². The van der Waals surface area contributed by atoms with E-state index < -0.39 is 0 Å². The van der Waals surface area contributed by atoms with Crippen molar-refractivity contribution in [2.75, 3.05) is 30.4 Å². The molecule has 146 valence electrons. The number of fused-ring (bicyclic) bond motifs is 1. The number of hydrogen-bond acceptors (Lipinski definition) is 4. The highest BCUT2D eigenvalue weighted by molar-refractivity contribution is 6.12. The predicted octanol–water partition coefficient (Wildman–Crippen LogP) is 3.71. The van der Waals surface area contributed by atoms with Crippen LogP contribution in [0.4, 0.5) is 16.2 Å². The first kappa shape index (κ1) is 18.6. The third-order valence-corrected chi connectivity index (χ3v) is 5.06. The van der Waals surface area contributed by atoms with Crippen LogP contribution in [0.2, 0.25) is 0 Å². The molecule has 0 spiro atoms. The van der Waals surface area contributed by atoms with Crippen LogP contribution in [-0.2, 0) is 0 Å². The molecule has 7 nitrogen and oxygen atoms in total. The zero-order valence-electron chi connectivity index (χ0n) is 16.3. The van der Waals surface area contributed by atoms with Crippen LogP contribution in [0.25, 0.3) is 17.0 Å². The van der Waals surface area contributed by atoms with E-state index in [0.717, 1.165) is 16.6 Å². The van der Waals surface area contributed by atoms with Crippen molar-refractivity contribution in [2.45, 2.75) is 6.92 Å². The lowest BCUT2D eigenvalue weighted by atomic mass is 10.1. The summed E-state index contributed by atoms with van der Waals surface area (Å²) in [6.07, 6.45) is 4.90. The van der Waals surface area contributed by atoms with E-state index in [1.807, 2.05) is 19.1 Å². The van der Waals surface area contributed by atoms with E-state index in [2.05, 4.69) is 21.9 Å². The van der Waals surface area contributed by atoms with E-state index in [4.69, 9.17) is 0 Å². The number of anilines is 2. The number of nitrogens with one attached hydrogen (secondary N) is 1. The fraction of sp³-hybridized carbons (Fsp3) is 0.182. The fourth-order valence-corrected chi connectivity index (χ4v) is 3.58. The fourth-order valence-electron chi connectivity index (χ4n) is 3.58. The molecule has 1 N–H and O–H groups in total. The van der Waals surface area contributed by atoms with Crippen LogP contribution in [0, 0.1) is 6.92 Å². The van der Waals surface area contributed by atoms with Crippen molar-refractivity contribution in [3.63, 3.8) is 0 Å². The molecule has 3 amide bonds. The highest BCUT2D eigenvalue weighted by Gasteiger charge is 2.29. The Labute approximate surface area is 168 Å². The van der Waals surface area contributed by atoms with Gasteiger partial charge >= 0.3 is 6.03 Å². The Morgan fingerprint density at radius 2 is 2.03 bits per heavy atom. The average molecular weight is 387 g/mol. The minimum Gasteiger partial charge on any atom is -0.326 e. The molecule has 3 heterocycles. The smallest absolute Gasteiger partial charge is 0.324 e. The monoisotopic (exact) mass is 387 g/mol. The number of amides is 3. The van der Waals surface area contributed by atoms with Crippen molar-refractivity contribution in [1.29, 1.82) is 0 Å². The zero-order valence-corrected chi connectivity index (χ0v) is 16.3. The summed E-state index contributed by atoms with van der Waals surface area (Å²) in [4.78, 5) is 37.6. The van der Waals surface area contributed by atoms with Crippen molar-refractivity contribution in [3.8, 4) is 0 Å². The number of carbonyl (C=O) groups is 2. The molecule has 0 atom stereocenters. The van der Waals surface area contributed by atoms with Crippen molar-refractivity contribution in [2.24, 2.45) is 0 Å². The van der Waals surface area contributed by atoms with E-state index >= 15 is 0 Å². The molecular formula is C22H21N5O2. The third kappa shape index (κ3) is 3.20. The van der Waals surface area contributed by atoms with Gasteiger partial charge in [0.25, 0.3) is 5.91 Å². The Morgan fingerprint density at radius 3 is 2.76 bits per heavy atom. The van der Waals surface area contributed by atoms with Gasteiger partial charge in [-0.25, -0.2) is 4.79 Å². The second kappa shape index (κ2) is 7.35. The van der Waals surface area contributed by atoms with Crippen molar-refractivity contribution in [1.82, 2.24) is 14.9 Å². The minimum absolute atomic E-state index is 0.0407. The van der Waals surface area contributed by atoms with Gasteiger partial charge in [-0.05, 0) is 36.8 Å². The summed E-state index contributed by atoms with van der Waals surface area (Å²) in [7, 11) is 1.79. The van der Waals surface area contributed by atoms with Crippen LogP contribution in [0.1, 0.15) is 21.6 Å². The quantitative estimate of drug-likeness (QED) is 0.740. The maximum absolute atomic E-state index is 12.8. The molecule has 7 heteroatoms. The van der Waals surface area contributed by atoms with Gasteiger partial charge in [-0.15, -0.1) is 0 Å². The zero-order chi connectivity index (χ0) is 20.5. The van der Waals surface area contributed by atoms with E-state index in [1.54, 1.807) is 53.5 Å². The number of aryl methyl sites for hydroxylation is 1. The van der Waals surface area contributed by atoms with Gasteiger partial charge in [0.1, 0.15) is 0 Å². The Hall–Kier alpha value is -3.74. The lowest BCUT2D eigenvalue weighted by Gasteiger charge is -2.21. The summed E-state index contributed by atoms with van der Waals surface area (Å²) in [5, 5.41) is 3.75. The molecule has 0 saturated carbocycles. The van der Waals surface area contributed by atoms with Gasteiger partial charge in [-0.2, -0.15) is 0 Å². The van der Waals surface area contributed by atoms with E-state index in [9.17, 15) is 9.59 Å². The number of aromatic nitrogens is 2. The maximum atomic E-state index is 12.8. The second-order valence-corrected chi connectivity index (χ2v) is 6.94. The average Bonchev–Trinajstić information content (AvgIpc) is 3.06. The highest BCUT2D eigenvalue weighted by atomic mass is 16.2.